The van der Waals surface area contributed by atoms with E-state index in [-0.39, 0.29) is 24.1 Å². The SMILES string of the molecule is C#CCN(CC1CO1)S(=O)(=O)c1ccccc1[N+](=O)[O-]. The molecule has 1 aromatic carbocycles. The average molecular weight is 296 g/mol. The number of nitro groups is 1. The second-order valence-corrected chi connectivity index (χ2v) is 6.09. The van der Waals surface area contributed by atoms with Gasteiger partial charge in [-0.15, -0.1) is 6.42 Å². The van der Waals surface area contributed by atoms with Crippen molar-refractivity contribution in [2.24, 2.45) is 0 Å². The first-order valence-electron chi connectivity index (χ1n) is 5.75. The molecule has 0 spiro atoms. The van der Waals surface area contributed by atoms with Crippen LogP contribution in [0.3, 0.4) is 0 Å². The Kier molecular flexibility index (Phi) is 4.04. The van der Waals surface area contributed by atoms with Gasteiger partial charge in [0.05, 0.1) is 24.2 Å². The van der Waals surface area contributed by atoms with Crippen LogP contribution in [0.15, 0.2) is 29.2 Å². The van der Waals surface area contributed by atoms with Crippen LogP contribution in [0.5, 0.6) is 0 Å². The van der Waals surface area contributed by atoms with Crippen LogP contribution in [0, 0.1) is 22.5 Å². The van der Waals surface area contributed by atoms with Crippen LogP contribution in [0.1, 0.15) is 0 Å². The van der Waals surface area contributed by atoms with E-state index in [0.717, 1.165) is 10.4 Å². The molecule has 1 fully saturated rings. The van der Waals surface area contributed by atoms with E-state index in [1.54, 1.807) is 0 Å². The highest BCUT2D eigenvalue weighted by atomic mass is 32.2. The lowest BCUT2D eigenvalue weighted by Gasteiger charge is -2.18. The van der Waals surface area contributed by atoms with E-state index in [4.69, 9.17) is 11.2 Å². The Labute approximate surface area is 116 Å². The minimum atomic E-state index is -4.02. The van der Waals surface area contributed by atoms with E-state index in [1.165, 1.54) is 18.2 Å². The van der Waals surface area contributed by atoms with Crippen LogP contribution in [0.2, 0.25) is 0 Å². The van der Waals surface area contributed by atoms with Crippen molar-refractivity contribution >= 4 is 15.7 Å². The van der Waals surface area contributed by atoms with Crippen LogP contribution < -0.4 is 0 Å². The summed E-state index contributed by atoms with van der Waals surface area (Å²) in [5.74, 6) is 2.25. The number of benzene rings is 1. The van der Waals surface area contributed by atoms with Crippen molar-refractivity contribution in [3.8, 4) is 12.3 Å². The molecule has 8 heteroatoms. The molecule has 1 unspecified atom stereocenters. The molecule has 0 aliphatic carbocycles. The first-order valence-corrected chi connectivity index (χ1v) is 7.19. The van der Waals surface area contributed by atoms with Gasteiger partial charge < -0.3 is 4.74 Å². The Bertz CT molecular complexity index is 661. The van der Waals surface area contributed by atoms with Crippen molar-refractivity contribution in [2.45, 2.75) is 11.0 Å². The van der Waals surface area contributed by atoms with Gasteiger partial charge in [0.15, 0.2) is 4.90 Å². The minimum Gasteiger partial charge on any atom is -0.372 e. The standard InChI is InChI=1S/C12H12N2O5S/c1-2-7-13(8-10-9-19-10)20(17,18)12-6-4-3-5-11(12)14(15)16/h1,3-6,10H,7-9H2. The molecule has 1 aromatic rings. The van der Waals surface area contributed by atoms with Crippen LogP contribution >= 0.6 is 0 Å². The summed E-state index contributed by atoms with van der Waals surface area (Å²) in [6, 6.07) is 5.19. The van der Waals surface area contributed by atoms with Gasteiger partial charge in [0.25, 0.3) is 15.7 Å². The molecular weight excluding hydrogens is 284 g/mol. The monoisotopic (exact) mass is 296 g/mol. The molecule has 1 aliphatic rings. The molecule has 0 amide bonds. The molecule has 0 N–H and O–H groups in total. The van der Waals surface area contributed by atoms with Crippen molar-refractivity contribution in [3.63, 3.8) is 0 Å². The van der Waals surface area contributed by atoms with Crippen LogP contribution in [0.25, 0.3) is 0 Å². The third-order valence-corrected chi connectivity index (χ3v) is 4.62. The quantitative estimate of drug-likeness (QED) is 0.332. The van der Waals surface area contributed by atoms with Gasteiger partial charge in [-0.1, -0.05) is 18.1 Å². The first-order chi connectivity index (χ1) is 9.46. The normalized spacial score (nSPS) is 17.7. The van der Waals surface area contributed by atoms with E-state index >= 15 is 0 Å². The van der Waals surface area contributed by atoms with E-state index in [0.29, 0.717) is 6.61 Å². The highest BCUT2D eigenvalue weighted by Crippen LogP contribution is 2.27. The van der Waals surface area contributed by atoms with Crippen molar-refractivity contribution in [2.75, 3.05) is 19.7 Å². The van der Waals surface area contributed by atoms with E-state index < -0.39 is 20.6 Å². The molecular formula is C12H12N2O5S. The summed E-state index contributed by atoms with van der Waals surface area (Å²) >= 11 is 0. The van der Waals surface area contributed by atoms with Crippen LogP contribution in [-0.2, 0) is 14.8 Å². The second-order valence-electron chi connectivity index (χ2n) is 4.18. The van der Waals surface area contributed by atoms with Crippen molar-refractivity contribution in [1.29, 1.82) is 0 Å². The summed E-state index contributed by atoms with van der Waals surface area (Å²) in [7, 11) is -4.02. The zero-order valence-corrected chi connectivity index (χ0v) is 11.2. The van der Waals surface area contributed by atoms with Gasteiger partial charge in [0.1, 0.15) is 0 Å². The molecule has 0 saturated carbocycles. The molecule has 1 atom stereocenters. The Morgan fingerprint density at radius 1 is 1.50 bits per heavy atom. The lowest BCUT2D eigenvalue weighted by molar-refractivity contribution is -0.387. The minimum absolute atomic E-state index is 0.0958. The fourth-order valence-electron chi connectivity index (χ4n) is 1.72. The van der Waals surface area contributed by atoms with E-state index in [1.807, 2.05) is 0 Å². The van der Waals surface area contributed by atoms with Crippen molar-refractivity contribution in [1.82, 2.24) is 4.31 Å². The predicted molar refractivity (Wildman–Crippen MR) is 70.4 cm³/mol. The summed E-state index contributed by atoms with van der Waals surface area (Å²) in [4.78, 5) is 9.85. The lowest BCUT2D eigenvalue weighted by atomic mass is 10.3. The summed E-state index contributed by atoms with van der Waals surface area (Å²) < 4.78 is 31.0. The summed E-state index contributed by atoms with van der Waals surface area (Å²) in [6.45, 7) is 0.403. The van der Waals surface area contributed by atoms with Gasteiger partial charge in [-0.05, 0) is 6.07 Å². The molecule has 2 rings (SSSR count). The topological polar surface area (TPSA) is 93.1 Å². The van der Waals surface area contributed by atoms with Crippen molar-refractivity contribution in [3.05, 3.63) is 34.4 Å². The number of para-hydroxylation sites is 1. The van der Waals surface area contributed by atoms with Gasteiger partial charge >= 0.3 is 0 Å². The molecule has 7 nitrogen and oxygen atoms in total. The number of nitrogens with zero attached hydrogens (tertiary/aromatic N) is 2. The lowest BCUT2D eigenvalue weighted by Crippen LogP contribution is -2.35. The van der Waals surface area contributed by atoms with Gasteiger partial charge in [-0.2, -0.15) is 4.31 Å². The third-order valence-electron chi connectivity index (χ3n) is 2.76. The summed E-state index contributed by atoms with van der Waals surface area (Å²) in [5, 5.41) is 10.9. The highest BCUT2D eigenvalue weighted by molar-refractivity contribution is 7.89. The number of hydrogen-bond acceptors (Lipinski definition) is 5. The first kappa shape index (κ1) is 14.5. The number of rotatable bonds is 6. The smallest absolute Gasteiger partial charge is 0.289 e. The Hall–Kier alpha value is -1.95. The molecule has 0 radical (unpaired) electrons. The van der Waals surface area contributed by atoms with Crippen LogP contribution in [0.4, 0.5) is 5.69 Å². The largest absolute Gasteiger partial charge is 0.372 e. The fraction of sp³-hybridized carbons (Fsp3) is 0.333. The van der Waals surface area contributed by atoms with Gasteiger partial charge in [0.2, 0.25) is 0 Å². The zero-order valence-electron chi connectivity index (χ0n) is 10.4. The number of sulfonamides is 1. The Morgan fingerprint density at radius 2 is 2.15 bits per heavy atom. The zero-order chi connectivity index (χ0) is 14.8. The Balaban J connectivity index is 2.41. The highest BCUT2D eigenvalue weighted by Gasteiger charge is 2.35. The van der Waals surface area contributed by atoms with E-state index in [2.05, 4.69) is 5.92 Å². The second kappa shape index (κ2) is 5.58. The van der Waals surface area contributed by atoms with Crippen LogP contribution in [-0.4, -0.2) is 43.4 Å². The predicted octanol–water partition coefficient (Wildman–Crippen LogP) is 0.617. The summed E-state index contributed by atoms with van der Waals surface area (Å²) in [6.07, 6.45) is 4.97. The average Bonchev–Trinajstić information content (AvgIpc) is 3.22. The number of ether oxygens (including phenoxy) is 1. The molecule has 20 heavy (non-hydrogen) atoms. The van der Waals surface area contributed by atoms with Gasteiger partial charge in [-0.3, -0.25) is 10.1 Å². The third kappa shape index (κ3) is 2.96. The molecule has 0 aromatic heterocycles. The number of epoxide rings is 1. The number of terminal acetylenes is 1. The molecule has 106 valence electrons. The van der Waals surface area contributed by atoms with Crippen molar-refractivity contribution < 1.29 is 18.1 Å². The molecule has 1 heterocycles. The molecule has 1 saturated heterocycles. The maximum Gasteiger partial charge on any atom is 0.289 e. The number of hydrogen-bond donors (Lipinski definition) is 0. The maximum atomic E-state index is 12.5. The maximum absolute atomic E-state index is 12.5. The Morgan fingerprint density at radius 3 is 2.70 bits per heavy atom. The molecule has 0 bridgehead atoms. The molecule has 1 aliphatic heterocycles. The number of nitro benzene ring substituents is 1. The van der Waals surface area contributed by atoms with Gasteiger partial charge in [-0.25, -0.2) is 8.42 Å². The van der Waals surface area contributed by atoms with Gasteiger partial charge in [0, 0.05) is 12.6 Å². The fourth-order valence-corrected chi connectivity index (χ4v) is 3.26. The van der Waals surface area contributed by atoms with E-state index in [9.17, 15) is 18.5 Å². The summed E-state index contributed by atoms with van der Waals surface area (Å²) in [5.41, 5.74) is -0.466.